The first-order valence-electron chi connectivity index (χ1n) is 8.87. The highest BCUT2D eigenvalue weighted by molar-refractivity contribution is 7.97. The van der Waals surface area contributed by atoms with Crippen LogP contribution < -0.4 is 10.1 Å². The summed E-state index contributed by atoms with van der Waals surface area (Å²) < 4.78 is 20.3. The van der Waals surface area contributed by atoms with Gasteiger partial charge in [-0.3, -0.25) is 0 Å². The van der Waals surface area contributed by atoms with E-state index in [0.29, 0.717) is 18.1 Å². The Hall–Kier alpha value is -2.60. The molecule has 0 saturated heterocycles. The second-order valence-electron chi connectivity index (χ2n) is 6.39. The number of anilines is 2. The summed E-state index contributed by atoms with van der Waals surface area (Å²) in [6.07, 6.45) is 5.18. The van der Waals surface area contributed by atoms with Crippen LogP contribution in [0.5, 0.6) is 5.75 Å². The summed E-state index contributed by atoms with van der Waals surface area (Å²) in [4.78, 5) is 8.54. The van der Waals surface area contributed by atoms with E-state index in [0.717, 1.165) is 35.6 Å². The lowest BCUT2D eigenvalue weighted by Crippen LogP contribution is -2.10. The molecule has 2 heterocycles. The average Bonchev–Trinajstić information content (AvgIpc) is 2.70. The van der Waals surface area contributed by atoms with Crippen molar-refractivity contribution in [2.45, 2.75) is 18.6 Å². The van der Waals surface area contributed by atoms with E-state index in [4.69, 9.17) is 4.74 Å². The predicted octanol–water partition coefficient (Wildman–Crippen LogP) is 5.21. The highest BCUT2D eigenvalue weighted by atomic mass is 32.2. The molecule has 2 aromatic carbocycles. The van der Waals surface area contributed by atoms with Crippen LogP contribution in [0.4, 0.5) is 16.0 Å². The number of hydrogen-bond acceptors (Lipinski definition) is 5. The Balaban J connectivity index is 1.68. The van der Waals surface area contributed by atoms with Crippen LogP contribution in [0.25, 0.3) is 11.3 Å². The number of thioether (sulfide) groups is 1. The number of ether oxygens (including phenoxy) is 1. The van der Waals surface area contributed by atoms with Gasteiger partial charge < -0.3 is 10.1 Å². The summed E-state index contributed by atoms with van der Waals surface area (Å²) in [5.74, 6) is 1.56. The minimum Gasteiger partial charge on any atom is -0.493 e. The minimum absolute atomic E-state index is 0.256. The van der Waals surface area contributed by atoms with Crippen LogP contribution in [0.15, 0.2) is 48.7 Å². The van der Waals surface area contributed by atoms with Gasteiger partial charge in [-0.25, -0.2) is 14.4 Å². The molecule has 0 saturated carbocycles. The quantitative estimate of drug-likeness (QED) is 0.657. The number of hydrogen-bond donors (Lipinski definition) is 1. The molecule has 0 aliphatic carbocycles. The van der Waals surface area contributed by atoms with Crippen LogP contribution in [0.2, 0.25) is 0 Å². The highest BCUT2D eigenvalue weighted by Crippen LogP contribution is 2.36. The third-order valence-electron chi connectivity index (χ3n) is 4.43. The third kappa shape index (κ3) is 3.90. The molecule has 1 aliphatic heterocycles. The van der Waals surface area contributed by atoms with Gasteiger partial charge in [-0.1, -0.05) is 24.3 Å². The van der Waals surface area contributed by atoms with Crippen molar-refractivity contribution in [1.82, 2.24) is 9.97 Å². The maximum Gasteiger partial charge on any atom is 0.227 e. The molecule has 1 aromatic heterocycles. The third-order valence-corrected chi connectivity index (χ3v) is 5.05. The number of benzene rings is 2. The topological polar surface area (TPSA) is 47.0 Å². The number of halogens is 1. The van der Waals surface area contributed by atoms with Gasteiger partial charge in [0, 0.05) is 17.0 Å². The van der Waals surface area contributed by atoms with Crippen LogP contribution in [0.1, 0.15) is 17.5 Å². The second kappa shape index (κ2) is 7.96. The maximum atomic E-state index is 14.5. The van der Waals surface area contributed by atoms with E-state index in [1.807, 2.05) is 30.3 Å². The zero-order valence-corrected chi connectivity index (χ0v) is 15.9. The Kier molecular flexibility index (Phi) is 5.25. The van der Waals surface area contributed by atoms with Crippen molar-refractivity contribution in [2.75, 3.05) is 18.2 Å². The van der Waals surface area contributed by atoms with Crippen LogP contribution in [0.3, 0.4) is 0 Å². The molecular formula is C21H20FN3OS. The van der Waals surface area contributed by atoms with Gasteiger partial charge in [0.2, 0.25) is 5.95 Å². The zero-order valence-electron chi connectivity index (χ0n) is 15.0. The van der Waals surface area contributed by atoms with Crippen molar-refractivity contribution in [1.29, 1.82) is 0 Å². The van der Waals surface area contributed by atoms with E-state index in [1.54, 1.807) is 11.8 Å². The first-order valence-corrected chi connectivity index (χ1v) is 10.3. The Labute approximate surface area is 162 Å². The van der Waals surface area contributed by atoms with Gasteiger partial charge in [0.15, 0.2) is 5.82 Å². The number of nitrogens with zero attached hydrogens (tertiary/aromatic N) is 2. The molecule has 138 valence electrons. The van der Waals surface area contributed by atoms with Crippen LogP contribution >= 0.6 is 11.8 Å². The first kappa shape index (κ1) is 17.8. The largest absolute Gasteiger partial charge is 0.493 e. The normalized spacial score (nSPS) is 13.0. The fraction of sp³-hybridized carbons (Fsp3) is 0.238. The Bertz CT molecular complexity index is 964. The standard InChI is InChI=1S/C21H20FN3OS/c1-27-13-14-5-2-8-16(11-14)24-21-23-12-18(22)19(25-21)17-9-3-6-15-7-4-10-26-20(15)17/h2-3,5-6,8-9,11-12H,4,7,10,13H2,1H3,(H,23,24,25). The molecule has 1 N–H and O–H groups in total. The predicted molar refractivity (Wildman–Crippen MR) is 108 cm³/mol. The fourth-order valence-corrected chi connectivity index (χ4v) is 3.74. The van der Waals surface area contributed by atoms with Crippen LogP contribution in [0, 0.1) is 5.82 Å². The van der Waals surface area contributed by atoms with Gasteiger partial charge in [-0.2, -0.15) is 11.8 Å². The Morgan fingerprint density at radius 3 is 3.00 bits per heavy atom. The maximum absolute atomic E-state index is 14.5. The number of aryl methyl sites for hydroxylation is 1. The zero-order chi connectivity index (χ0) is 18.6. The molecule has 6 heteroatoms. The van der Waals surface area contributed by atoms with E-state index in [2.05, 4.69) is 33.7 Å². The van der Waals surface area contributed by atoms with Crippen molar-refractivity contribution < 1.29 is 9.13 Å². The molecule has 4 nitrogen and oxygen atoms in total. The monoisotopic (exact) mass is 381 g/mol. The molecule has 3 aromatic rings. The summed E-state index contributed by atoms with van der Waals surface area (Å²) in [5, 5.41) is 3.18. The van der Waals surface area contributed by atoms with Crippen molar-refractivity contribution in [3.05, 3.63) is 65.6 Å². The number of para-hydroxylation sites is 1. The highest BCUT2D eigenvalue weighted by Gasteiger charge is 2.19. The molecule has 0 radical (unpaired) electrons. The molecule has 4 rings (SSSR count). The molecule has 0 unspecified atom stereocenters. The molecule has 27 heavy (non-hydrogen) atoms. The SMILES string of the molecule is CSCc1cccc(Nc2ncc(F)c(-c3cccc4c3OCCC4)n2)c1. The number of nitrogens with one attached hydrogen (secondary N) is 1. The summed E-state index contributed by atoms with van der Waals surface area (Å²) in [6.45, 7) is 0.643. The average molecular weight is 381 g/mol. The number of aromatic nitrogens is 2. The van der Waals surface area contributed by atoms with Gasteiger partial charge in [0.25, 0.3) is 0 Å². The molecule has 0 bridgehead atoms. The number of fused-ring (bicyclic) bond motifs is 1. The molecule has 0 spiro atoms. The van der Waals surface area contributed by atoms with E-state index >= 15 is 0 Å². The lowest BCUT2D eigenvalue weighted by atomic mass is 10.0. The van der Waals surface area contributed by atoms with Crippen molar-refractivity contribution in [2.24, 2.45) is 0 Å². The van der Waals surface area contributed by atoms with E-state index in [9.17, 15) is 4.39 Å². The Morgan fingerprint density at radius 1 is 1.22 bits per heavy atom. The van der Waals surface area contributed by atoms with Gasteiger partial charge in [-0.05, 0) is 48.4 Å². The fourth-order valence-electron chi connectivity index (χ4n) is 3.23. The van der Waals surface area contributed by atoms with Crippen LogP contribution in [-0.4, -0.2) is 22.8 Å². The second-order valence-corrected chi connectivity index (χ2v) is 7.26. The van der Waals surface area contributed by atoms with Crippen molar-refractivity contribution in [3.63, 3.8) is 0 Å². The smallest absolute Gasteiger partial charge is 0.227 e. The van der Waals surface area contributed by atoms with Gasteiger partial charge in [0.05, 0.1) is 12.8 Å². The molecular weight excluding hydrogens is 361 g/mol. The lowest BCUT2D eigenvalue weighted by Gasteiger charge is -2.20. The van der Waals surface area contributed by atoms with Crippen molar-refractivity contribution in [3.8, 4) is 17.0 Å². The van der Waals surface area contributed by atoms with Gasteiger partial charge in [-0.15, -0.1) is 0 Å². The Morgan fingerprint density at radius 2 is 2.11 bits per heavy atom. The van der Waals surface area contributed by atoms with Crippen LogP contribution in [-0.2, 0) is 12.2 Å². The van der Waals surface area contributed by atoms with E-state index in [-0.39, 0.29) is 5.69 Å². The van der Waals surface area contributed by atoms with Gasteiger partial charge >= 0.3 is 0 Å². The summed E-state index contributed by atoms with van der Waals surface area (Å²) in [5.41, 5.74) is 4.11. The summed E-state index contributed by atoms with van der Waals surface area (Å²) in [6, 6.07) is 13.8. The summed E-state index contributed by atoms with van der Waals surface area (Å²) in [7, 11) is 0. The lowest BCUT2D eigenvalue weighted by molar-refractivity contribution is 0.289. The minimum atomic E-state index is -0.459. The molecule has 0 fully saturated rings. The molecule has 0 atom stereocenters. The van der Waals surface area contributed by atoms with E-state index in [1.165, 1.54) is 11.8 Å². The van der Waals surface area contributed by atoms with Crippen molar-refractivity contribution >= 4 is 23.4 Å². The molecule has 1 aliphatic rings. The summed E-state index contributed by atoms with van der Waals surface area (Å²) >= 11 is 1.76. The molecule has 0 amide bonds. The van der Waals surface area contributed by atoms with E-state index < -0.39 is 5.82 Å². The number of rotatable bonds is 5. The first-order chi connectivity index (χ1) is 13.2. The van der Waals surface area contributed by atoms with Gasteiger partial charge in [0.1, 0.15) is 11.4 Å².